The summed E-state index contributed by atoms with van der Waals surface area (Å²) in [4.78, 5) is 34.3. The first kappa shape index (κ1) is 14.8. The zero-order valence-corrected chi connectivity index (χ0v) is 10.9. The summed E-state index contributed by atoms with van der Waals surface area (Å²) in [5.41, 5.74) is -2.01. The summed E-state index contributed by atoms with van der Waals surface area (Å²) >= 11 is 0. The van der Waals surface area contributed by atoms with Crippen molar-refractivity contribution in [1.82, 2.24) is 10.2 Å². The second kappa shape index (κ2) is 5.43. The first-order valence-corrected chi connectivity index (χ1v) is 6.05. The van der Waals surface area contributed by atoms with Crippen molar-refractivity contribution >= 4 is 17.5 Å². The topological polar surface area (TPSA) is 92.6 Å². The molecule has 1 atom stereocenters. The predicted octanol–water partition coefficient (Wildman–Crippen LogP) is 0.834. The Hall–Kier alpha value is -2.58. The van der Waals surface area contributed by atoms with Crippen LogP contribution in [0.4, 0.5) is 14.5 Å². The Morgan fingerprint density at radius 1 is 1.48 bits per heavy atom. The molecule has 0 radical (unpaired) electrons. The molecule has 1 N–H and O–H groups in total. The lowest BCUT2D eigenvalue weighted by Crippen LogP contribution is -2.56. The molecule has 1 fully saturated rings. The first-order chi connectivity index (χ1) is 9.84. The number of carbonyl (C=O) groups is 2. The van der Waals surface area contributed by atoms with Gasteiger partial charge >= 0.3 is 5.69 Å². The largest absolute Gasteiger partial charge is 0.353 e. The van der Waals surface area contributed by atoms with E-state index < -0.39 is 45.7 Å². The van der Waals surface area contributed by atoms with Crippen molar-refractivity contribution in [2.24, 2.45) is 0 Å². The number of hydrogen-bond acceptors (Lipinski definition) is 4. The number of amides is 2. The lowest BCUT2D eigenvalue weighted by molar-refractivity contribution is -0.387. The summed E-state index contributed by atoms with van der Waals surface area (Å²) in [6.07, 6.45) is 0. The molecule has 7 nitrogen and oxygen atoms in total. The van der Waals surface area contributed by atoms with E-state index in [1.165, 1.54) is 6.92 Å². The van der Waals surface area contributed by atoms with Crippen molar-refractivity contribution in [2.45, 2.75) is 13.0 Å². The van der Waals surface area contributed by atoms with Crippen LogP contribution in [0.1, 0.15) is 17.3 Å². The highest BCUT2D eigenvalue weighted by Gasteiger charge is 2.35. The standard InChI is InChI=1S/C12H11F2N3O4/c1-6-11(18)15-4-5-16(6)12(19)9-7(13)2-3-8(10(9)14)17(20)21/h2-3,6H,4-5H2,1H3,(H,15,18). The van der Waals surface area contributed by atoms with Crippen molar-refractivity contribution < 1.29 is 23.3 Å². The minimum Gasteiger partial charge on any atom is -0.353 e. The zero-order chi connectivity index (χ0) is 15.7. The van der Waals surface area contributed by atoms with Crippen molar-refractivity contribution in [3.05, 3.63) is 39.4 Å². The number of nitrogens with one attached hydrogen (secondary N) is 1. The second-order valence-electron chi connectivity index (χ2n) is 4.48. The van der Waals surface area contributed by atoms with Crippen molar-refractivity contribution in [2.75, 3.05) is 13.1 Å². The van der Waals surface area contributed by atoms with Crippen molar-refractivity contribution in [1.29, 1.82) is 0 Å². The van der Waals surface area contributed by atoms with E-state index in [0.29, 0.717) is 12.1 Å². The Morgan fingerprint density at radius 2 is 2.14 bits per heavy atom. The number of carbonyl (C=O) groups excluding carboxylic acids is 2. The maximum atomic E-state index is 14.0. The third-order valence-corrected chi connectivity index (χ3v) is 3.24. The third-order valence-electron chi connectivity index (χ3n) is 3.24. The van der Waals surface area contributed by atoms with Gasteiger partial charge in [-0.15, -0.1) is 0 Å². The van der Waals surface area contributed by atoms with Crippen LogP contribution in [-0.4, -0.2) is 40.8 Å². The fourth-order valence-corrected chi connectivity index (χ4v) is 2.08. The molecular formula is C12H11F2N3O4. The highest BCUT2D eigenvalue weighted by molar-refractivity contribution is 5.99. The lowest BCUT2D eigenvalue weighted by Gasteiger charge is -2.32. The van der Waals surface area contributed by atoms with Gasteiger partial charge in [-0.25, -0.2) is 4.39 Å². The number of benzene rings is 1. The quantitative estimate of drug-likeness (QED) is 0.646. The van der Waals surface area contributed by atoms with Gasteiger partial charge in [0.15, 0.2) is 0 Å². The highest BCUT2D eigenvalue weighted by atomic mass is 19.1. The number of halogens is 2. The van der Waals surface area contributed by atoms with Gasteiger partial charge in [0.05, 0.1) is 4.92 Å². The molecular weight excluding hydrogens is 288 g/mol. The van der Waals surface area contributed by atoms with E-state index in [-0.39, 0.29) is 13.1 Å². The number of nitrogens with zero attached hydrogens (tertiary/aromatic N) is 2. The minimum absolute atomic E-state index is 0.0628. The zero-order valence-electron chi connectivity index (χ0n) is 10.9. The summed E-state index contributed by atoms with van der Waals surface area (Å²) in [7, 11) is 0. The van der Waals surface area contributed by atoms with E-state index >= 15 is 0 Å². The molecule has 1 aliphatic heterocycles. The molecule has 0 spiro atoms. The van der Waals surface area contributed by atoms with Gasteiger partial charge in [-0.2, -0.15) is 4.39 Å². The van der Waals surface area contributed by atoms with E-state index in [1.807, 2.05) is 0 Å². The van der Waals surface area contributed by atoms with Crippen LogP contribution in [0.5, 0.6) is 0 Å². The molecule has 1 aromatic carbocycles. The molecule has 1 unspecified atom stereocenters. The van der Waals surface area contributed by atoms with Gasteiger partial charge in [-0.1, -0.05) is 0 Å². The fourth-order valence-electron chi connectivity index (χ4n) is 2.08. The number of hydrogen-bond donors (Lipinski definition) is 1. The Morgan fingerprint density at radius 3 is 2.76 bits per heavy atom. The Bertz CT molecular complexity index is 635. The second-order valence-corrected chi connectivity index (χ2v) is 4.48. The smallest absolute Gasteiger partial charge is 0.305 e. The molecule has 1 aliphatic rings. The van der Waals surface area contributed by atoms with Crippen LogP contribution in [0.2, 0.25) is 0 Å². The Kier molecular flexibility index (Phi) is 3.83. The van der Waals surface area contributed by atoms with E-state index in [4.69, 9.17) is 0 Å². The molecule has 1 aromatic rings. The van der Waals surface area contributed by atoms with Gasteiger partial charge in [0, 0.05) is 19.2 Å². The lowest BCUT2D eigenvalue weighted by atomic mass is 10.1. The van der Waals surface area contributed by atoms with Crippen LogP contribution in [0.15, 0.2) is 12.1 Å². The molecule has 0 aromatic heterocycles. The molecule has 1 saturated heterocycles. The first-order valence-electron chi connectivity index (χ1n) is 6.05. The summed E-state index contributed by atoms with van der Waals surface area (Å²) in [6.45, 7) is 1.61. The molecule has 1 heterocycles. The maximum Gasteiger partial charge on any atom is 0.305 e. The van der Waals surface area contributed by atoms with Crippen molar-refractivity contribution in [3.8, 4) is 0 Å². The Balaban J connectivity index is 2.46. The number of piperazine rings is 1. The van der Waals surface area contributed by atoms with Gasteiger partial charge in [0.2, 0.25) is 11.7 Å². The summed E-state index contributed by atoms with van der Waals surface area (Å²) < 4.78 is 27.7. The van der Waals surface area contributed by atoms with Crippen LogP contribution >= 0.6 is 0 Å². The molecule has 0 bridgehead atoms. The van der Waals surface area contributed by atoms with Crippen LogP contribution in [0, 0.1) is 21.7 Å². The average Bonchev–Trinajstić information content (AvgIpc) is 2.41. The van der Waals surface area contributed by atoms with Crippen LogP contribution in [0.3, 0.4) is 0 Å². The molecule has 21 heavy (non-hydrogen) atoms. The summed E-state index contributed by atoms with van der Waals surface area (Å²) in [5.74, 6) is -4.29. The third kappa shape index (κ3) is 2.54. The molecule has 112 valence electrons. The minimum atomic E-state index is -1.54. The van der Waals surface area contributed by atoms with E-state index in [0.717, 1.165) is 4.90 Å². The van der Waals surface area contributed by atoms with Gasteiger partial charge in [-0.3, -0.25) is 19.7 Å². The van der Waals surface area contributed by atoms with E-state index in [9.17, 15) is 28.5 Å². The van der Waals surface area contributed by atoms with E-state index in [2.05, 4.69) is 5.32 Å². The molecule has 9 heteroatoms. The van der Waals surface area contributed by atoms with E-state index in [1.54, 1.807) is 0 Å². The van der Waals surface area contributed by atoms with Crippen molar-refractivity contribution in [3.63, 3.8) is 0 Å². The van der Waals surface area contributed by atoms with Gasteiger partial charge in [-0.05, 0) is 13.0 Å². The molecule has 2 amide bonds. The summed E-state index contributed by atoms with van der Waals surface area (Å²) in [6, 6.07) is 0.390. The van der Waals surface area contributed by atoms with Gasteiger partial charge in [0.25, 0.3) is 5.91 Å². The maximum absolute atomic E-state index is 14.0. The van der Waals surface area contributed by atoms with Crippen LogP contribution < -0.4 is 5.32 Å². The SMILES string of the molecule is CC1C(=O)NCCN1C(=O)c1c(F)ccc([N+](=O)[O-])c1F. The predicted molar refractivity (Wildman–Crippen MR) is 66.5 cm³/mol. The average molecular weight is 299 g/mol. The highest BCUT2D eigenvalue weighted by Crippen LogP contribution is 2.25. The van der Waals surface area contributed by atoms with Crippen LogP contribution in [-0.2, 0) is 4.79 Å². The monoisotopic (exact) mass is 299 g/mol. The van der Waals surface area contributed by atoms with Gasteiger partial charge in [0.1, 0.15) is 17.4 Å². The van der Waals surface area contributed by atoms with Crippen LogP contribution in [0.25, 0.3) is 0 Å². The Labute approximate surface area is 117 Å². The normalized spacial score (nSPS) is 18.3. The summed E-state index contributed by atoms with van der Waals surface area (Å²) in [5, 5.41) is 13.2. The number of rotatable bonds is 2. The molecule has 2 rings (SSSR count). The molecule has 0 aliphatic carbocycles. The van der Waals surface area contributed by atoms with Gasteiger partial charge < -0.3 is 10.2 Å². The molecule has 0 saturated carbocycles. The fraction of sp³-hybridized carbons (Fsp3) is 0.333. The number of nitro groups is 1. The number of nitro benzene ring substituents is 1.